The van der Waals surface area contributed by atoms with Crippen LogP contribution in [0.3, 0.4) is 0 Å². The number of ether oxygens (including phenoxy) is 1. The van der Waals surface area contributed by atoms with Crippen LogP contribution >= 0.6 is 0 Å². The Kier molecular flexibility index (Phi) is 4.24. The lowest BCUT2D eigenvalue weighted by Crippen LogP contribution is -2.58. The molecule has 2 aliphatic rings. The minimum absolute atomic E-state index is 0.00613. The van der Waals surface area contributed by atoms with Gasteiger partial charge in [-0.2, -0.15) is 0 Å². The number of carbonyl (C=O) groups is 2. The molecule has 19 heavy (non-hydrogen) atoms. The second kappa shape index (κ2) is 5.74. The summed E-state index contributed by atoms with van der Waals surface area (Å²) in [5.41, 5.74) is -0.0899. The summed E-state index contributed by atoms with van der Waals surface area (Å²) in [5, 5.41) is 0. The molecule has 2 amide bonds. The van der Waals surface area contributed by atoms with Gasteiger partial charge < -0.3 is 14.5 Å². The van der Waals surface area contributed by atoms with E-state index in [1.807, 2.05) is 11.8 Å². The molecule has 0 radical (unpaired) electrons. The Labute approximate surface area is 114 Å². The smallest absolute Gasteiger partial charge is 0.246 e. The van der Waals surface area contributed by atoms with Crippen molar-refractivity contribution >= 4 is 11.8 Å². The number of morpholine rings is 1. The number of hydrogen-bond acceptors (Lipinski definition) is 3. The van der Waals surface area contributed by atoms with E-state index in [-0.39, 0.29) is 24.0 Å². The molecule has 1 spiro atoms. The molecule has 0 unspecified atom stereocenters. The van der Waals surface area contributed by atoms with Gasteiger partial charge in [-0.3, -0.25) is 9.59 Å². The van der Waals surface area contributed by atoms with E-state index in [4.69, 9.17) is 4.74 Å². The molecular weight excluding hydrogens is 244 g/mol. The van der Waals surface area contributed by atoms with Gasteiger partial charge in [0.25, 0.3) is 0 Å². The Morgan fingerprint density at radius 1 is 1.47 bits per heavy atom. The molecule has 0 aromatic rings. The summed E-state index contributed by atoms with van der Waals surface area (Å²) in [6.45, 7) is 7.88. The highest BCUT2D eigenvalue weighted by Gasteiger charge is 2.43. The predicted octanol–water partition coefficient (Wildman–Crippen LogP) is 0.802. The Morgan fingerprint density at radius 3 is 2.74 bits per heavy atom. The van der Waals surface area contributed by atoms with Crippen LogP contribution in [0.1, 0.15) is 26.2 Å². The van der Waals surface area contributed by atoms with Crippen LogP contribution in [-0.2, 0) is 14.3 Å². The zero-order chi connectivity index (χ0) is 13.9. The summed E-state index contributed by atoms with van der Waals surface area (Å²) in [7, 11) is 0. The molecular formula is C14H22N2O3. The predicted molar refractivity (Wildman–Crippen MR) is 71.6 cm³/mol. The summed E-state index contributed by atoms with van der Waals surface area (Å²) in [6.07, 6.45) is 4.52. The maximum atomic E-state index is 12.3. The quantitative estimate of drug-likeness (QED) is 0.707. The Hall–Kier alpha value is -1.36. The molecule has 5 nitrogen and oxygen atoms in total. The number of likely N-dealkylation sites (N-methyl/N-ethyl adjacent to an activating group) is 1. The first-order valence-corrected chi connectivity index (χ1v) is 6.93. The summed E-state index contributed by atoms with van der Waals surface area (Å²) in [6, 6.07) is 0. The van der Waals surface area contributed by atoms with Gasteiger partial charge in [-0.15, -0.1) is 0 Å². The van der Waals surface area contributed by atoms with Crippen molar-refractivity contribution in [2.75, 3.05) is 32.8 Å². The number of carbonyl (C=O) groups excluding carboxylic acids is 2. The maximum absolute atomic E-state index is 12.3. The number of amides is 2. The third-order valence-electron chi connectivity index (χ3n) is 4.06. The van der Waals surface area contributed by atoms with Gasteiger partial charge in [0, 0.05) is 19.6 Å². The van der Waals surface area contributed by atoms with E-state index in [0.29, 0.717) is 26.2 Å². The van der Waals surface area contributed by atoms with E-state index in [1.165, 1.54) is 17.4 Å². The third kappa shape index (κ3) is 2.97. The molecule has 2 fully saturated rings. The average Bonchev–Trinajstić information content (AvgIpc) is 2.42. The zero-order valence-electron chi connectivity index (χ0n) is 11.6. The van der Waals surface area contributed by atoms with Crippen molar-refractivity contribution in [2.45, 2.75) is 31.8 Å². The highest BCUT2D eigenvalue weighted by atomic mass is 16.5. The van der Waals surface area contributed by atoms with Crippen molar-refractivity contribution in [3.8, 4) is 0 Å². The molecule has 2 rings (SSSR count). The van der Waals surface area contributed by atoms with E-state index in [2.05, 4.69) is 6.58 Å². The molecule has 1 heterocycles. The molecule has 1 saturated heterocycles. The largest absolute Gasteiger partial charge is 0.371 e. The normalized spacial score (nSPS) is 20.8. The van der Waals surface area contributed by atoms with Gasteiger partial charge in [-0.1, -0.05) is 6.58 Å². The summed E-state index contributed by atoms with van der Waals surface area (Å²) >= 11 is 0. The fourth-order valence-electron chi connectivity index (χ4n) is 2.67. The van der Waals surface area contributed by atoms with Crippen LogP contribution in [0.25, 0.3) is 0 Å². The van der Waals surface area contributed by atoms with E-state index in [0.717, 1.165) is 12.8 Å². The number of hydrogen-bond donors (Lipinski definition) is 0. The van der Waals surface area contributed by atoms with Crippen LogP contribution < -0.4 is 0 Å². The van der Waals surface area contributed by atoms with Crippen molar-refractivity contribution in [1.29, 1.82) is 0 Å². The third-order valence-corrected chi connectivity index (χ3v) is 4.06. The van der Waals surface area contributed by atoms with Crippen LogP contribution in [0.15, 0.2) is 12.7 Å². The highest BCUT2D eigenvalue weighted by molar-refractivity contribution is 5.90. The van der Waals surface area contributed by atoms with Gasteiger partial charge in [0.1, 0.15) is 0 Å². The van der Waals surface area contributed by atoms with Gasteiger partial charge in [-0.25, -0.2) is 0 Å². The lowest BCUT2D eigenvalue weighted by Gasteiger charge is -2.48. The number of nitrogens with zero attached hydrogens (tertiary/aromatic N) is 2. The molecule has 1 saturated carbocycles. The molecule has 1 aliphatic carbocycles. The van der Waals surface area contributed by atoms with E-state index in [9.17, 15) is 9.59 Å². The second-order valence-corrected chi connectivity index (χ2v) is 5.26. The topological polar surface area (TPSA) is 49.9 Å². The molecule has 0 aromatic carbocycles. The Bertz CT molecular complexity index is 377. The van der Waals surface area contributed by atoms with Crippen molar-refractivity contribution < 1.29 is 14.3 Å². The summed E-state index contributed by atoms with van der Waals surface area (Å²) in [5.74, 6) is -0.186. The first-order valence-electron chi connectivity index (χ1n) is 6.93. The van der Waals surface area contributed by atoms with Gasteiger partial charge in [0.05, 0.1) is 18.8 Å². The molecule has 5 heteroatoms. The van der Waals surface area contributed by atoms with E-state index in [1.54, 1.807) is 0 Å². The second-order valence-electron chi connectivity index (χ2n) is 5.26. The minimum atomic E-state index is -0.192. The molecule has 106 valence electrons. The van der Waals surface area contributed by atoms with Gasteiger partial charge in [-0.05, 0) is 32.3 Å². The van der Waals surface area contributed by atoms with E-state index < -0.39 is 0 Å². The van der Waals surface area contributed by atoms with Gasteiger partial charge >= 0.3 is 0 Å². The SMILES string of the molecule is C=CC(=O)N(CC)CC(=O)N1CCOC2(CCC2)C1. The molecule has 0 N–H and O–H groups in total. The zero-order valence-corrected chi connectivity index (χ0v) is 11.6. The lowest BCUT2D eigenvalue weighted by molar-refractivity contribution is -0.168. The fraction of sp³-hybridized carbons (Fsp3) is 0.714. The van der Waals surface area contributed by atoms with Gasteiger partial charge in [0.2, 0.25) is 11.8 Å². The lowest BCUT2D eigenvalue weighted by atomic mass is 9.79. The minimum Gasteiger partial charge on any atom is -0.371 e. The Morgan fingerprint density at radius 2 is 2.21 bits per heavy atom. The first kappa shape index (κ1) is 14.1. The van der Waals surface area contributed by atoms with Crippen LogP contribution in [0.2, 0.25) is 0 Å². The fourth-order valence-corrected chi connectivity index (χ4v) is 2.67. The molecule has 0 bridgehead atoms. The van der Waals surface area contributed by atoms with Crippen molar-refractivity contribution in [3.05, 3.63) is 12.7 Å². The van der Waals surface area contributed by atoms with Crippen molar-refractivity contribution in [2.24, 2.45) is 0 Å². The van der Waals surface area contributed by atoms with Crippen LogP contribution in [-0.4, -0.2) is 60.0 Å². The summed E-state index contributed by atoms with van der Waals surface area (Å²) in [4.78, 5) is 27.2. The molecule has 1 aliphatic heterocycles. The van der Waals surface area contributed by atoms with Crippen LogP contribution in [0.4, 0.5) is 0 Å². The summed E-state index contributed by atoms with van der Waals surface area (Å²) < 4.78 is 5.79. The molecule has 0 aromatic heterocycles. The van der Waals surface area contributed by atoms with Crippen molar-refractivity contribution in [1.82, 2.24) is 9.80 Å². The van der Waals surface area contributed by atoms with Gasteiger partial charge in [0.15, 0.2) is 0 Å². The number of rotatable bonds is 4. The maximum Gasteiger partial charge on any atom is 0.246 e. The first-order chi connectivity index (χ1) is 9.10. The highest BCUT2D eigenvalue weighted by Crippen LogP contribution is 2.38. The standard InChI is InChI=1S/C14H22N2O3/c1-3-12(17)15(4-2)10-13(18)16-8-9-19-14(11-16)6-5-7-14/h3H,1,4-11H2,2H3. The molecule has 0 atom stereocenters. The monoisotopic (exact) mass is 266 g/mol. The average molecular weight is 266 g/mol. The van der Waals surface area contributed by atoms with E-state index >= 15 is 0 Å². The van der Waals surface area contributed by atoms with Crippen molar-refractivity contribution in [3.63, 3.8) is 0 Å². The Balaban J connectivity index is 1.91. The van der Waals surface area contributed by atoms with Crippen LogP contribution in [0.5, 0.6) is 0 Å². The van der Waals surface area contributed by atoms with Crippen LogP contribution in [0, 0.1) is 0 Å².